The lowest BCUT2D eigenvalue weighted by Gasteiger charge is -1.90. The van der Waals surface area contributed by atoms with Crippen molar-refractivity contribution in [1.82, 2.24) is 0 Å². The second kappa shape index (κ2) is 10.4. The van der Waals surface area contributed by atoms with E-state index in [1.165, 1.54) is 5.08 Å². The average molecular weight is 285 g/mol. The van der Waals surface area contributed by atoms with Crippen LogP contribution in [-0.4, -0.2) is 5.08 Å². The lowest BCUT2D eigenvalue weighted by atomic mass is 10.3. The normalized spacial score (nSPS) is 11.7. The number of nitrogen functional groups attached to an aromatic ring is 2. The number of hydrogen-bond acceptors (Lipinski definition) is 4. The van der Waals surface area contributed by atoms with E-state index >= 15 is 0 Å². The van der Waals surface area contributed by atoms with Crippen LogP contribution in [0.1, 0.15) is 0 Å². The predicted octanol–water partition coefficient (Wildman–Crippen LogP) is 3.59. The van der Waals surface area contributed by atoms with Gasteiger partial charge in [0.15, 0.2) is 0 Å². The molecule has 0 fully saturated rings. The Morgan fingerprint density at radius 2 is 1.13 bits per heavy atom. The largest absolute Gasteiger partial charge is 0.399 e. The maximum Gasteiger partial charge on any atom is 0.0475 e. The topological polar surface area (TPSA) is 52.0 Å². The van der Waals surface area contributed by atoms with Gasteiger partial charge in [0.05, 0.1) is 0 Å². The van der Waals surface area contributed by atoms with Crippen LogP contribution in [0.2, 0.25) is 0 Å². The van der Waals surface area contributed by atoms with Gasteiger partial charge in [0.25, 0.3) is 0 Å². The number of nitrogens with two attached hydrogens (primary N) is 2. The van der Waals surface area contributed by atoms with Crippen LogP contribution in [-0.2, 0) is 0 Å². The molecule has 2 rings (SSSR count). The van der Waals surface area contributed by atoms with Crippen molar-refractivity contribution < 1.29 is 0 Å². The molecule has 6 heteroatoms. The minimum Gasteiger partial charge on any atom is -0.399 e. The minimum absolute atomic E-state index is 0. The lowest BCUT2D eigenvalue weighted by molar-refractivity contribution is 1.67. The summed E-state index contributed by atoms with van der Waals surface area (Å²) >= 11 is 3.71. The third-order valence-electron chi connectivity index (χ3n) is 1.32. The Labute approximate surface area is 111 Å². The van der Waals surface area contributed by atoms with E-state index < -0.39 is 0 Å². The van der Waals surface area contributed by atoms with E-state index in [1.54, 1.807) is 24.3 Å². The van der Waals surface area contributed by atoms with Crippen LogP contribution in [0.15, 0.2) is 35.1 Å². The van der Waals surface area contributed by atoms with Gasteiger partial charge in [-0.1, -0.05) is 0 Å². The maximum absolute atomic E-state index is 5.37. The molecule has 0 atom stereocenters. The molecule has 0 radical (unpaired) electrons. The van der Waals surface area contributed by atoms with Crippen LogP contribution in [0.25, 0.3) is 0 Å². The van der Waals surface area contributed by atoms with E-state index in [1.807, 2.05) is 23.5 Å². The summed E-state index contributed by atoms with van der Waals surface area (Å²) in [7, 11) is 0. The van der Waals surface area contributed by atoms with Gasteiger partial charge in [0.2, 0.25) is 0 Å². The molecular weight excluding hydrogens is 271 g/mol. The molecule has 0 aliphatic carbocycles. The fraction of sp³-hybridized carbons (Fsp3) is 0.111. The molecule has 1 aromatic rings. The first kappa shape index (κ1) is 17.2. The van der Waals surface area contributed by atoms with Gasteiger partial charge in [-0.2, -0.15) is 0 Å². The molecule has 15 heavy (non-hydrogen) atoms. The third kappa shape index (κ3) is 8.81. The SMILES string of the molecule is C1=CSCS1.Cl.Cl.Nc1ccc(N)cc1. The van der Waals surface area contributed by atoms with Crippen molar-refractivity contribution in [2.45, 2.75) is 0 Å². The Kier molecular flexibility index (Phi) is 11.9. The minimum atomic E-state index is 0. The lowest BCUT2D eigenvalue weighted by Crippen LogP contribution is -1.86. The molecular formula is C9H14Cl2N2S2. The van der Waals surface area contributed by atoms with Gasteiger partial charge in [-0.15, -0.1) is 48.3 Å². The van der Waals surface area contributed by atoms with Crippen molar-refractivity contribution in [3.63, 3.8) is 0 Å². The van der Waals surface area contributed by atoms with E-state index in [9.17, 15) is 0 Å². The second-order valence-corrected chi connectivity index (χ2v) is 4.54. The molecule has 2 nitrogen and oxygen atoms in total. The number of halogens is 2. The fourth-order valence-corrected chi connectivity index (χ4v) is 2.26. The Bertz CT molecular complexity index is 251. The average Bonchev–Trinajstić information content (AvgIpc) is 2.68. The highest BCUT2D eigenvalue weighted by molar-refractivity contribution is 8.21. The van der Waals surface area contributed by atoms with E-state index in [-0.39, 0.29) is 24.8 Å². The number of anilines is 2. The highest BCUT2D eigenvalue weighted by Gasteiger charge is 1.85. The number of benzene rings is 1. The molecule has 0 saturated carbocycles. The molecule has 1 aliphatic heterocycles. The molecule has 0 bridgehead atoms. The summed E-state index contributed by atoms with van der Waals surface area (Å²) < 4.78 is 0. The first-order chi connectivity index (χ1) is 6.29. The molecule has 86 valence electrons. The van der Waals surface area contributed by atoms with Crippen LogP contribution in [0.3, 0.4) is 0 Å². The molecule has 0 spiro atoms. The van der Waals surface area contributed by atoms with Gasteiger partial charge in [0.1, 0.15) is 0 Å². The zero-order chi connectivity index (χ0) is 9.52. The van der Waals surface area contributed by atoms with Crippen molar-refractivity contribution in [2.24, 2.45) is 0 Å². The Morgan fingerprint density at radius 1 is 0.800 bits per heavy atom. The van der Waals surface area contributed by atoms with E-state index in [4.69, 9.17) is 11.5 Å². The highest BCUT2D eigenvalue weighted by atomic mass is 35.5. The first-order valence-electron chi connectivity index (χ1n) is 3.78. The molecule has 0 saturated heterocycles. The van der Waals surface area contributed by atoms with E-state index in [0.717, 1.165) is 11.4 Å². The Balaban J connectivity index is 0. The van der Waals surface area contributed by atoms with Gasteiger partial charge >= 0.3 is 0 Å². The molecule has 4 N–H and O–H groups in total. The molecule has 1 heterocycles. The molecule has 1 aliphatic rings. The smallest absolute Gasteiger partial charge is 0.0475 e. The zero-order valence-corrected chi connectivity index (χ0v) is 11.2. The van der Waals surface area contributed by atoms with Crippen LogP contribution >= 0.6 is 48.3 Å². The summed E-state index contributed by atoms with van der Waals surface area (Å²) in [4.78, 5) is 0. The Hall–Kier alpha value is -0.160. The zero-order valence-electron chi connectivity index (χ0n) is 7.96. The van der Waals surface area contributed by atoms with Crippen molar-refractivity contribution in [2.75, 3.05) is 16.6 Å². The van der Waals surface area contributed by atoms with E-state index in [0.29, 0.717) is 0 Å². The molecule has 1 aromatic carbocycles. The van der Waals surface area contributed by atoms with E-state index in [2.05, 4.69) is 10.8 Å². The number of hydrogen-bond donors (Lipinski definition) is 2. The maximum atomic E-state index is 5.37. The van der Waals surface area contributed by atoms with Gasteiger partial charge in [-0.05, 0) is 35.1 Å². The summed E-state index contributed by atoms with van der Waals surface area (Å²) in [6, 6.07) is 7.09. The van der Waals surface area contributed by atoms with Crippen molar-refractivity contribution in [1.29, 1.82) is 0 Å². The van der Waals surface area contributed by atoms with Crippen LogP contribution < -0.4 is 11.5 Å². The van der Waals surface area contributed by atoms with Crippen LogP contribution in [0.4, 0.5) is 11.4 Å². The standard InChI is InChI=1S/C6H8N2.C3H4S2.2ClH/c7-5-1-2-6(8)4-3-5;1-2-5-3-4-1;;/h1-4H,7-8H2;1-2H,3H2;2*1H. The van der Waals surface area contributed by atoms with Gasteiger partial charge in [0, 0.05) is 16.5 Å². The summed E-state index contributed by atoms with van der Waals surface area (Å²) in [6.07, 6.45) is 0. The van der Waals surface area contributed by atoms with Gasteiger partial charge in [-0.3, -0.25) is 0 Å². The third-order valence-corrected chi connectivity index (χ3v) is 3.24. The van der Waals surface area contributed by atoms with Gasteiger partial charge in [-0.25, -0.2) is 0 Å². The quantitative estimate of drug-likeness (QED) is 0.715. The summed E-state index contributed by atoms with van der Waals surface area (Å²) in [5.41, 5.74) is 12.2. The number of thioether (sulfide) groups is 2. The monoisotopic (exact) mass is 284 g/mol. The molecule has 0 amide bonds. The Morgan fingerprint density at radius 3 is 1.33 bits per heavy atom. The highest BCUT2D eigenvalue weighted by Crippen LogP contribution is 2.22. The van der Waals surface area contributed by atoms with Crippen molar-refractivity contribution in [3.05, 3.63) is 35.1 Å². The second-order valence-electron chi connectivity index (χ2n) is 2.39. The summed E-state index contributed by atoms with van der Waals surface area (Å²) in [5, 5.41) is 5.45. The number of rotatable bonds is 0. The summed E-state index contributed by atoms with van der Waals surface area (Å²) in [6.45, 7) is 0. The van der Waals surface area contributed by atoms with Crippen LogP contribution in [0, 0.1) is 0 Å². The predicted molar refractivity (Wildman–Crippen MR) is 79.0 cm³/mol. The first-order valence-corrected chi connectivity index (χ1v) is 5.88. The molecule has 0 aromatic heterocycles. The van der Waals surface area contributed by atoms with Crippen molar-refractivity contribution >= 4 is 59.7 Å². The molecule has 0 unspecified atom stereocenters. The van der Waals surface area contributed by atoms with Crippen LogP contribution in [0.5, 0.6) is 0 Å². The summed E-state index contributed by atoms with van der Waals surface area (Å²) in [5.74, 6) is 0. The van der Waals surface area contributed by atoms with Crippen molar-refractivity contribution in [3.8, 4) is 0 Å². The fourth-order valence-electron chi connectivity index (χ4n) is 0.692. The van der Waals surface area contributed by atoms with Gasteiger partial charge < -0.3 is 11.5 Å².